The van der Waals surface area contributed by atoms with Crippen molar-refractivity contribution in [3.63, 3.8) is 0 Å². The summed E-state index contributed by atoms with van der Waals surface area (Å²) in [6.07, 6.45) is 1.60. The first-order valence-corrected chi connectivity index (χ1v) is 7.90. The lowest BCUT2D eigenvalue weighted by Crippen LogP contribution is -2.54. The van der Waals surface area contributed by atoms with E-state index in [9.17, 15) is 9.59 Å². The van der Waals surface area contributed by atoms with Crippen molar-refractivity contribution in [3.8, 4) is 0 Å². The Bertz CT molecular complexity index is 735. The third-order valence-electron chi connectivity index (χ3n) is 3.68. The zero-order valence-corrected chi connectivity index (χ0v) is 15.2. The van der Waals surface area contributed by atoms with Gasteiger partial charge in [0.25, 0.3) is 11.8 Å². The minimum atomic E-state index is -0.389. The number of nitrogens with zero attached hydrogens (tertiary/aromatic N) is 3. The van der Waals surface area contributed by atoms with Gasteiger partial charge in [0.05, 0.1) is 0 Å². The second kappa shape index (κ2) is 6.97. The summed E-state index contributed by atoms with van der Waals surface area (Å²) in [4.78, 5) is 29.8. The molecule has 0 aliphatic carbocycles. The molecule has 0 spiro atoms. The maximum atomic E-state index is 12.7. The van der Waals surface area contributed by atoms with Crippen LogP contribution in [0, 0.1) is 0 Å². The predicted octanol–water partition coefficient (Wildman–Crippen LogP) is 2.30. The normalized spacial score (nSPS) is 16.8. The van der Waals surface area contributed by atoms with Crippen LogP contribution in [0.2, 0.25) is 0 Å². The zero-order valence-electron chi connectivity index (χ0n) is 14.4. The summed E-state index contributed by atoms with van der Waals surface area (Å²) in [5.41, 5.74) is 2.72. The van der Waals surface area contributed by atoms with Crippen LogP contribution in [0.4, 0.5) is 5.69 Å². The van der Waals surface area contributed by atoms with Gasteiger partial charge in [0.2, 0.25) is 0 Å². The van der Waals surface area contributed by atoms with Crippen molar-refractivity contribution in [2.45, 2.75) is 6.92 Å². The van der Waals surface area contributed by atoms with E-state index in [1.54, 1.807) is 13.1 Å². The highest BCUT2D eigenvalue weighted by Crippen LogP contribution is 2.21. The number of likely N-dealkylation sites (N-methyl/N-ethyl adjacent to an activating group) is 1. The first-order chi connectivity index (χ1) is 11.2. The number of carbonyl (C=O) groups excluding carboxylic acids is 2. The summed E-state index contributed by atoms with van der Waals surface area (Å²) < 4.78 is 0. The van der Waals surface area contributed by atoms with Crippen LogP contribution in [0.1, 0.15) is 12.5 Å². The van der Waals surface area contributed by atoms with Crippen LogP contribution in [0.3, 0.4) is 0 Å². The highest BCUT2D eigenvalue weighted by atomic mass is 32.1. The van der Waals surface area contributed by atoms with Gasteiger partial charge >= 0.3 is 0 Å². The van der Waals surface area contributed by atoms with Gasteiger partial charge in [0.15, 0.2) is 5.11 Å². The molecule has 0 unspecified atom stereocenters. The molecule has 1 aliphatic rings. The van der Waals surface area contributed by atoms with Crippen molar-refractivity contribution in [1.29, 1.82) is 0 Å². The molecule has 0 bridgehead atoms. The number of thiocarbonyl (C=S) groups is 1. The summed E-state index contributed by atoms with van der Waals surface area (Å²) in [7, 11) is 5.48. The third kappa shape index (κ3) is 3.54. The Morgan fingerprint density at radius 1 is 1.21 bits per heavy atom. The molecular weight excluding hydrogens is 322 g/mol. The zero-order chi connectivity index (χ0) is 18.0. The lowest BCUT2D eigenvalue weighted by molar-refractivity contribution is -0.132. The molecule has 0 N–H and O–H groups in total. The maximum Gasteiger partial charge on any atom is 0.265 e. The minimum Gasteiger partial charge on any atom is -0.378 e. The van der Waals surface area contributed by atoms with E-state index in [-0.39, 0.29) is 22.5 Å². The maximum absolute atomic E-state index is 12.7. The summed E-state index contributed by atoms with van der Waals surface area (Å²) in [6.45, 7) is 5.93. The molecule has 6 heteroatoms. The number of carbonyl (C=O) groups is 2. The first-order valence-electron chi connectivity index (χ1n) is 7.49. The van der Waals surface area contributed by atoms with E-state index in [1.807, 2.05) is 50.2 Å². The molecule has 2 amide bonds. The SMILES string of the molecule is C=C(C)CN1C(=O)/C(=C/c2ccc(N(C)C)cc2)C(=O)N(C)C1=S. The molecule has 1 saturated heterocycles. The Morgan fingerprint density at radius 3 is 2.29 bits per heavy atom. The molecule has 1 fully saturated rings. The van der Waals surface area contributed by atoms with Gasteiger partial charge in [-0.25, -0.2) is 0 Å². The molecule has 24 heavy (non-hydrogen) atoms. The van der Waals surface area contributed by atoms with Crippen LogP contribution in [-0.2, 0) is 9.59 Å². The molecule has 1 aromatic rings. The Labute approximate surface area is 147 Å². The molecule has 2 rings (SSSR count). The third-order valence-corrected chi connectivity index (χ3v) is 4.17. The van der Waals surface area contributed by atoms with Gasteiger partial charge in [-0.2, -0.15) is 0 Å². The quantitative estimate of drug-likeness (QED) is 0.364. The number of rotatable bonds is 4. The van der Waals surface area contributed by atoms with Gasteiger partial charge in [0, 0.05) is 33.4 Å². The molecule has 0 atom stereocenters. The molecule has 1 aromatic carbocycles. The Hall–Kier alpha value is -2.47. The monoisotopic (exact) mass is 343 g/mol. The fraction of sp³-hybridized carbons (Fsp3) is 0.278. The van der Waals surface area contributed by atoms with Crippen LogP contribution in [-0.4, -0.2) is 54.4 Å². The Morgan fingerprint density at radius 2 is 1.79 bits per heavy atom. The number of benzene rings is 1. The summed E-state index contributed by atoms with van der Waals surface area (Å²) in [6, 6.07) is 7.62. The van der Waals surface area contributed by atoms with E-state index < -0.39 is 0 Å². The highest BCUT2D eigenvalue weighted by molar-refractivity contribution is 7.80. The standard InChI is InChI=1S/C18H21N3O2S/c1-12(2)11-21-17(23)15(16(22)20(5)18(21)24)10-13-6-8-14(9-7-13)19(3)4/h6-10H,1,11H2,2-5H3/b15-10+. The van der Waals surface area contributed by atoms with Crippen LogP contribution in [0.15, 0.2) is 42.0 Å². The summed E-state index contributed by atoms with van der Waals surface area (Å²) >= 11 is 5.22. The largest absolute Gasteiger partial charge is 0.378 e. The van der Waals surface area contributed by atoms with Crippen LogP contribution < -0.4 is 4.90 Å². The van der Waals surface area contributed by atoms with Crippen molar-refractivity contribution >= 4 is 40.9 Å². The van der Waals surface area contributed by atoms with Gasteiger partial charge in [0.1, 0.15) is 5.57 Å². The molecule has 126 valence electrons. The van der Waals surface area contributed by atoms with Gasteiger partial charge in [-0.05, 0) is 42.9 Å². The van der Waals surface area contributed by atoms with Crippen LogP contribution in [0.5, 0.6) is 0 Å². The molecular formula is C18H21N3O2S. The topological polar surface area (TPSA) is 43.9 Å². The van der Waals surface area contributed by atoms with Crippen molar-refractivity contribution in [1.82, 2.24) is 9.80 Å². The van der Waals surface area contributed by atoms with Gasteiger partial charge in [-0.3, -0.25) is 19.4 Å². The lowest BCUT2D eigenvalue weighted by atomic mass is 10.1. The lowest BCUT2D eigenvalue weighted by Gasteiger charge is -2.34. The van der Waals surface area contributed by atoms with Crippen molar-refractivity contribution in [2.75, 3.05) is 32.6 Å². The van der Waals surface area contributed by atoms with E-state index in [4.69, 9.17) is 12.2 Å². The van der Waals surface area contributed by atoms with Crippen LogP contribution >= 0.6 is 12.2 Å². The average Bonchev–Trinajstić information content (AvgIpc) is 2.54. The molecule has 0 saturated carbocycles. The number of amides is 2. The second-order valence-corrected chi connectivity index (χ2v) is 6.40. The molecule has 0 aromatic heterocycles. The highest BCUT2D eigenvalue weighted by Gasteiger charge is 2.37. The summed E-state index contributed by atoms with van der Waals surface area (Å²) in [5.74, 6) is -0.776. The fourth-order valence-corrected chi connectivity index (χ4v) is 2.57. The van der Waals surface area contributed by atoms with E-state index in [1.165, 1.54) is 9.80 Å². The van der Waals surface area contributed by atoms with Gasteiger partial charge in [-0.1, -0.05) is 24.3 Å². The Kier molecular flexibility index (Phi) is 5.19. The van der Waals surface area contributed by atoms with Crippen LogP contribution in [0.25, 0.3) is 6.08 Å². The average molecular weight is 343 g/mol. The molecule has 1 heterocycles. The van der Waals surface area contributed by atoms with Crippen molar-refractivity contribution < 1.29 is 9.59 Å². The van der Waals surface area contributed by atoms with E-state index in [2.05, 4.69) is 6.58 Å². The summed E-state index contributed by atoms with van der Waals surface area (Å²) in [5, 5.41) is 0.202. The molecule has 5 nitrogen and oxygen atoms in total. The second-order valence-electron chi connectivity index (χ2n) is 6.04. The minimum absolute atomic E-state index is 0.102. The smallest absolute Gasteiger partial charge is 0.265 e. The predicted molar refractivity (Wildman–Crippen MR) is 101 cm³/mol. The van der Waals surface area contributed by atoms with Crippen molar-refractivity contribution in [3.05, 3.63) is 47.6 Å². The van der Waals surface area contributed by atoms with Gasteiger partial charge < -0.3 is 4.90 Å². The number of hydrogen-bond acceptors (Lipinski definition) is 4. The number of anilines is 1. The first kappa shape index (κ1) is 17.9. The van der Waals surface area contributed by atoms with Crippen molar-refractivity contribution in [2.24, 2.45) is 0 Å². The van der Waals surface area contributed by atoms with E-state index in [0.717, 1.165) is 16.8 Å². The van der Waals surface area contributed by atoms with E-state index in [0.29, 0.717) is 6.54 Å². The van der Waals surface area contributed by atoms with Gasteiger partial charge in [-0.15, -0.1) is 0 Å². The molecule has 0 radical (unpaired) electrons. The Balaban J connectivity index is 2.38. The van der Waals surface area contributed by atoms with E-state index >= 15 is 0 Å². The molecule has 1 aliphatic heterocycles. The number of hydrogen-bond donors (Lipinski definition) is 0. The fourth-order valence-electron chi connectivity index (χ4n) is 2.34.